The molecule has 2 rings (SSSR count). The van der Waals surface area contributed by atoms with Crippen molar-refractivity contribution in [2.75, 3.05) is 7.11 Å². The zero-order valence-electron chi connectivity index (χ0n) is 15.1. The van der Waals surface area contributed by atoms with Gasteiger partial charge in [-0.2, -0.15) is 0 Å². The minimum atomic E-state index is -0.931. The number of nitro groups is 1. The summed E-state index contributed by atoms with van der Waals surface area (Å²) < 4.78 is 5.10. The van der Waals surface area contributed by atoms with Crippen LogP contribution in [0.4, 0.5) is 22.7 Å². The summed E-state index contributed by atoms with van der Waals surface area (Å²) in [6, 6.07) is 7.84. The number of diazo groups is 1. The maximum atomic E-state index is 11.1. The van der Waals surface area contributed by atoms with E-state index < -0.39 is 20.1 Å². The van der Waals surface area contributed by atoms with Crippen molar-refractivity contribution >= 4 is 42.1 Å². The third-order valence-corrected chi connectivity index (χ3v) is 3.20. The number of methoxy groups -OCH3 is 1. The molecule has 0 amide bonds. The monoisotopic (exact) mass is 516 g/mol. The molecule has 28 heavy (non-hydrogen) atoms. The van der Waals surface area contributed by atoms with Crippen LogP contribution in [-0.2, 0) is 15.1 Å². The van der Waals surface area contributed by atoms with Gasteiger partial charge in [-0.1, -0.05) is 6.07 Å². The molecule has 0 fully saturated rings. The molecule has 0 aliphatic rings. The Kier molecular flexibility index (Phi) is 14.8. The Bertz CT molecular complexity index is 877. The number of nitro benzene ring substituents is 1. The molecule has 2 aromatic carbocycles. The van der Waals surface area contributed by atoms with Crippen molar-refractivity contribution in [3.8, 4) is 5.75 Å². The quantitative estimate of drug-likeness (QED) is 0.193. The van der Waals surface area contributed by atoms with E-state index in [1.807, 2.05) is 0 Å². The van der Waals surface area contributed by atoms with Crippen LogP contribution in [0, 0.1) is 29.4 Å². The second-order valence-electron chi connectivity index (χ2n) is 4.96. The molecule has 0 aliphatic carbocycles. The number of rotatable bonds is 4. The first-order chi connectivity index (χ1) is 12.4. The van der Waals surface area contributed by atoms with E-state index >= 15 is 0 Å². The molecular formula is C15H14Cl4N5O3Zn-. The Morgan fingerprint density at radius 3 is 2.21 bits per heavy atom. The van der Waals surface area contributed by atoms with Crippen LogP contribution in [0.25, 0.3) is 4.98 Å². The van der Waals surface area contributed by atoms with Crippen molar-refractivity contribution in [3.05, 3.63) is 56.5 Å². The van der Waals surface area contributed by atoms with Crippen LogP contribution in [0.15, 0.2) is 40.6 Å². The molecule has 0 N–H and O–H groups in total. The van der Waals surface area contributed by atoms with Crippen molar-refractivity contribution in [1.82, 2.24) is 0 Å². The van der Waals surface area contributed by atoms with Gasteiger partial charge in [-0.25, -0.2) is 0 Å². The number of hydrogen-bond donors (Lipinski definition) is 0. The molecule has 0 spiro atoms. The third kappa shape index (κ3) is 8.21. The first-order valence-corrected chi connectivity index (χ1v) is 15.0. The average molecular weight is 520 g/mol. The van der Waals surface area contributed by atoms with Crippen LogP contribution in [0.2, 0.25) is 0 Å². The van der Waals surface area contributed by atoms with Crippen LogP contribution < -0.4 is 29.6 Å². The molecule has 0 aromatic heterocycles. The number of azo groups is 1. The summed E-state index contributed by atoms with van der Waals surface area (Å²) in [5, 5.41) is 28.0. The van der Waals surface area contributed by atoms with Gasteiger partial charge in [-0.3, -0.25) is 10.1 Å². The fourth-order valence-electron chi connectivity index (χ4n) is 1.98. The van der Waals surface area contributed by atoms with E-state index in [4.69, 9.17) is 29.5 Å². The molecular weight excluding hydrogens is 505 g/mol. The second kappa shape index (κ2) is 14.4. The first-order valence-electron chi connectivity index (χ1n) is 7.20. The summed E-state index contributed by atoms with van der Waals surface area (Å²) in [6.45, 7) is 3.52. The number of benzene rings is 2. The normalized spacial score (nSPS) is 9.00. The van der Waals surface area contributed by atoms with Gasteiger partial charge in [-0.05, 0) is 31.0 Å². The predicted molar refractivity (Wildman–Crippen MR) is 96.2 cm³/mol. The zero-order chi connectivity index (χ0) is 19.7. The SMILES string of the molecule is COc1cc(N=Nc2ccc(C)cc2[N+](=O)[O-])c(C)cc1[N+]#N.[Cl-].[Cl-].[Cl][Zn][Cl]. The Morgan fingerprint density at radius 1 is 1.14 bits per heavy atom. The van der Waals surface area contributed by atoms with Gasteiger partial charge in [0.1, 0.15) is 0 Å². The molecule has 0 aliphatic heterocycles. The molecule has 148 valence electrons. The van der Waals surface area contributed by atoms with Crippen molar-refractivity contribution < 1.29 is 49.6 Å². The van der Waals surface area contributed by atoms with Crippen LogP contribution in [0.1, 0.15) is 11.1 Å². The summed E-state index contributed by atoms with van der Waals surface area (Å²) >= 11 is -0.931. The predicted octanol–water partition coefficient (Wildman–Crippen LogP) is 0.505. The van der Waals surface area contributed by atoms with E-state index in [0.29, 0.717) is 17.0 Å². The summed E-state index contributed by atoms with van der Waals surface area (Å²) in [7, 11) is 11.3. The summed E-state index contributed by atoms with van der Waals surface area (Å²) in [5.41, 5.74) is 2.24. The molecule has 0 atom stereocenters. The number of nitrogens with zero attached hydrogens (tertiary/aromatic N) is 5. The van der Waals surface area contributed by atoms with Crippen LogP contribution in [0.3, 0.4) is 0 Å². The maximum absolute atomic E-state index is 11.1. The van der Waals surface area contributed by atoms with Crippen molar-refractivity contribution in [2.45, 2.75) is 13.8 Å². The molecule has 0 saturated carbocycles. The zero-order valence-corrected chi connectivity index (χ0v) is 21.1. The van der Waals surface area contributed by atoms with Crippen LogP contribution in [-0.4, -0.2) is 12.0 Å². The molecule has 2 aromatic rings. The molecule has 0 heterocycles. The van der Waals surface area contributed by atoms with Gasteiger partial charge in [-0.15, -0.1) is 10.2 Å². The number of ether oxygens (including phenoxy) is 1. The fraction of sp³-hybridized carbons (Fsp3) is 0.200. The number of hydrogen-bond acceptors (Lipinski definition) is 6. The Labute approximate surface area is 189 Å². The molecule has 0 radical (unpaired) electrons. The molecule has 0 saturated heterocycles. The van der Waals surface area contributed by atoms with E-state index in [-0.39, 0.29) is 41.9 Å². The van der Waals surface area contributed by atoms with Gasteiger partial charge in [0.2, 0.25) is 11.1 Å². The summed E-state index contributed by atoms with van der Waals surface area (Å²) in [5.74, 6) is 0.324. The van der Waals surface area contributed by atoms with E-state index in [0.717, 1.165) is 5.56 Å². The van der Waals surface area contributed by atoms with Gasteiger partial charge < -0.3 is 29.6 Å². The molecule has 8 nitrogen and oxygen atoms in total. The topological polar surface area (TPSA) is 105 Å². The molecule has 13 heteroatoms. The van der Waals surface area contributed by atoms with E-state index in [9.17, 15) is 10.1 Å². The van der Waals surface area contributed by atoms with Crippen molar-refractivity contribution in [3.63, 3.8) is 0 Å². The Balaban J connectivity index is 0. The van der Waals surface area contributed by atoms with E-state index in [2.05, 4.69) is 15.2 Å². The van der Waals surface area contributed by atoms with Gasteiger partial charge in [0.25, 0.3) is 5.69 Å². The fourth-order valence-corrected chi connectivity index (χ4v) is 1.98. The number of halogens is 4. The number of aryl methyl sites for hydroxylation is 2. The van der Waals surface area contributed by atoms with Crippen LogP contribution in [0.5, 0.6) is 5.75 Å². The van der Waals surface area contributed by atoms with Gasteiger partial charge in [0.15, 0.2) is 10.7 Å². The summed E-state index contributed by atoms with van der Waals surface area (Å²) in [4.78, 5) is 13.7. The first kappa shape index (κ1) is 28.7. The van der Waals surface area contributed by atoms with Gasteiger partial charge in [0, 0.05) is 18.2 Å². The minimum absolute atomic E-state index is 0. The van der Waals surface area contributed by atoms with Crippen molar-refractivity contribution in [1.29, 1.82) is 5.39 Å². The molecule has 0 unspecified atom stereocenters. The standard InChI is InChI=1S/C15H14N5O3.4ClH.Zn/c1-9-4-5-11(14(6-9)20(21)22)18-19-12-8-15(23-3)13(17-16)7-10(12)2;;;;;/h4-8H,1-3H3;4*1H;/q+1;;;;;+2/p-4. The van der Waals surface area contributed by atoms with Crippen molar-refractivity contribution in [2.24, 2.45) is 10.2 Å². The second-order valence-corrected chi connectivity index (χ2v) is 9.58. The Morgan fingerprint density at radius 2 is 1.71 bits per heavy atom. The molecule has 0 bridgehead atoms. The Hall–Kier alpha value is -1.56. The van der Waals surface area contributed by atoms with E-state index in [1.165, 1.54) is 13.2 Å². The van der Waals surface area contributed by atoms with Gasteiger partial charge >= 0.3 is 40.2 Å². The van der Waals surface area contributed by atoms with Gasteiger partial charge in [0.05, 0.1) is 17.7 Å². The summed E-state index contributed by atoms with van der Waals surface area (Å²) in [6.07, 6.45) is 0. The van der Waals surface area contributed by atoms with Crippen LogP contribution >= 0.6 is 19.4 Å². The average Bonchev–Trinajstić information content (AvgIpc) is 2.61. The van der Waals surface area contributed by atoms with E-state index in [1.54, 1.807) is 38.1 Å². The third-order valence-electron chi connectivity index (χ3n) is 3.20.